The molecule has 4 rings (SSSR count). The molecule has 2 aromatic heterocycles. The van der Waals surface area contributed by atoms with E-state index in [1.807, 2.05) is 71.4 Å². The van der Waals surface area contributed by atoms with Crippen molar-refractivity contribution in [1.82, 2.24) is 19.7 Å². The van der Waals surface area contributed by atoms with E-state index in [2.05, 4.69) is 32.3 Å². The molecule has 2 aromatic carbocycles. The van der Waals surface area contributed by atoms with Crippen LogP contribution in [-0.4, -0.2) is 25.7 Å². The highest BCUT2D eigenvalue weighted by Crippen LogP contribution is 2.18. The average Bonchev–Trinajstić information content (AvgIpc) is 3.28. The highest BCUT2D eigenvalue weighted by molar-refractivity contribution is 7.98. The number of aromatic amines is 1. The van der Waals surface area contributed by atoms with Crippen molar-refractivity contribution in [2.45, 2.75) is 17.5 Å². The molecule has 0 aliphatic rings. The smallest absolute Gasteiger partial charge is 0.278 e. The quantitative estimate of drug-likeness (QED) is 0.500. The van der Waals surface area contributed by atoms with Crippen molar-refractivity contribution in [3.8, 4) is 0 Å². The maximum Gasteiger partial charge on any atom is 0.278 e. The second kappa shape index (κ2) is 9.16. The van der Waals surface area contributed by atoms with E-state index in [1.165, 1.54) is 6.33 Å². The van der Waals surface area contributed by atoms with Crippen LogP contribution >= 0.6 is 11.8 Å². The van der Waals surface area contributed by atoms with Crippen LogP contribution in [0.4, 0.5) is 0 Å². The maximum atomic E-state index is 12.7. The Bertz CT molecular complexity index is 1140. The molecule has 0 aliphatic heterocycles. The number of benzene rings is 2. The molecule has 0 fully saturated rings. The molecular weight excluding hydrogens is 382 g/mol. The topological polar surface area (TPSA) is 75.9 Å². The number of hydrogen-bond donors (Lipinski definition) is 1. The highest BCUT2D eigenvalue weighted by Gasteiger charge is 2.06. The van der Waals surface area contributed by atoms with Crippen molar-refractivity contribution in [1.29, 1.82) is 0 Å². The molecule has 1 amide bonds. The van der Waals surface area contributed by atoms with Gasteiger partial charge in [-0.25, -0.2) is 4.98 Å². The summed E-state index contributed by atoms with van der Waals surface area (Å²) < 4.78 is 1.97. The third kappa shape index (κ3) is 5.08. The van der Waals surface area contributed by atoms with Crippen molar-refractivity contribution < 1.29 is 4.79 Å². The van der Waals surface area contributed by atoms with Crippen molar-refractivity contribution in [2.75, 3.05) is 0 Å². The van der Waals surface area contributed by atoms with Gasteiger partial charge in [0.15, 0.2) is 5.16 Å². The summed E-state index contributed by atoms with van der Waals surface area (Å²) in [7, 11) is 0. The molecule has 0 spiro atoms. The van der Waals surface area contributed by atoms with Gasteiger partial charge >= 0.3 is 0 Å². The molecular formula is C22H19N5OS. The Labute approximate surface area is 172 Å². The Balaban J connectivity index is 1.49. The van der Waals surface area contributed by atoms with Gasteiger partial charge in [-0.05, 0) is 35.4 Å². The SMILES string of the molecule is O=C(N=c1ccccn1Cc1ccccc1)c1ccc(CSc2ncn[nH]2)cc1. The fourth-order valence-corrected chi connectivity index (χ4v) is 3.55. The van der Waals surface area contributed by atoms with Gasteiger partial charge in [-0.3, -0.25) is 9.89 Å². The first kappa shape index (κ1) is 18.9. The van der Waals surface area contributed by atoms with E-state index < -0.39 is 0 Å². The lowest BCUT2D eigenvalue weighted by atomic mass is 10.1. The molecule has 0 radical (unpaired) electrons. The lowest BCUT2D eigenvalue weighted by Crippen LogP contribution is -2.22. The van der Waals surface area contributed by atoms with Crippen molar-refractivity contribution >= 4 is 17.7 Å². The van der Waals surface area contributed by atoms with Crippen LogP contribution in [0.3, 0.4) is 0 Å². The fraction of sp³-hybridized carbons (Fsp3) is 0.0909. The van der Waals surface area contributed by atoms with Gasteiger partial charge in [0.1, 0.15) is 11.8 Å². The number of carbonyl (C=O) groups is 1. The van der Waals surface area contributed by atoms with E-state index in [1.54, 1.807) is 11.8 Å². The zero-order chi connectivity index (χ0) is 19.9. The van der Waals surface area contributed by atoms with Gasteiger partial charge in [0.25, 0.3) is 5.91 Å². The third-order valence-corrected chi connectivity index (χ3v) is 5.25. The van der Waals surface area contributed by atoms with Gasteiger partial charge in [-0.2, -0.15) is 10.1 Å². The van der Waals surface area contributed by atoms with Gasteiger partial charge < -0.3 is 4.57 Å². The second-order valence-electron chi connectivity index (χ2n) is 6.37. The van der Waals surface area contributed by atoms with Crippen LogP contribution in [0.2, 0.25) is 0 Å². The minimum absolute atomic E-state index is 0.257. The predicted molar refractivity (Wildman–Crippen MR) is 112 cm³/mol. The summed E-state index contributed by atoms with van der Waals surface area (Å²) in [6.45, 7) is 0.658. The zero-order valence-electron chi connectivity index (χ0n) is 15.6. The van der Waals surface area contributed by atoms with E-state index in [9.17, 15) is 4.79 Å². The summed E-state index contributed by atoms with van der Waals surface area (Å²) in [6.07, 6.45) is 3.42. The van der Waals surface area contributed by atoms with Gasteiger partial charge in [0, 0.05) is 24.1 Å². The molecule has 0 bridgehead atoms. The third-order valence-electron chi connectivity index (χ3n) is 4.30. The van der Waals surface area contributed by atoms with E-state index in [-0.39, 0.29) is 5.91 Å². The molecule has 2 heterocycles. The van der Waals surface area contributed by atoms with Crippen LogP contribution in [0.15, 0.2) is 95.5 Å². The number of rotatable bonds is 6. The zero-order valence-corrected chi connectivity index (χ0v) is 16.4. The number of carbonyl (C=O) groups excluding carboxylic acids is 1. The largest absolute Gasteiger partial charge is 0.328 e. The van der Waals surface area contributed by atoms with Gasteiger partial charge in [-0.1, -0.05) is 60.3 Å². The number of H-pyrrole nitrogens is 1. The first-order valence-corrected chi connectivity index (χ1v) is 10.1. The Morgan fingerprint density at radius 3 is 2.52 bits per heavy atom. The van der Waals surface area contributed by atoms with Crippen LogP contribution in [0.5, 0.6) is 0 Å². The van der Waals surface area contributed by atoms with Crippen LogP contribution in [0, 0.1) is 0 Å². The number of pyridine rings is 1. The minimum atomic E-state index is -0.257. The summed E-state index contributed by atoms with van der Waals surface area (Å²) in [5.74, 6) is 0.490. The number of nitrogens with zero attached hydrogens (tertiary/aromatic N) is 4. The van der Waals surface area contributed by atoms with Crippen molar-refractivity contribution in [2.24, 2.45) is 4.99 Å². The van der Waals surface area contributed by atoms with Gasteiger partial charge in [-0.15, -0.1) is 0 Å². The number of thioether (sulfide) groups is 1. The number of amides is 1. The summed E-state index contributed by atoms with van der Waals surface area (Å²) >= 11 is 1.56. The molecule has 6 nitrogen and oxygen atoms in total. The number of hydrogen-bond acceptors (Lipinski definition) is 4. The molecule has 4 aromatic rings. The monoisotopic (exact) mass is 401 g/mol. The van der Waals surface area contributed by atoms with Crippen LogP contribution < -0.4 is 5.49 Å². The molecule has 144 valence electrons. The minimum Gasteiger partial charge on any atom is -0.328 e. The Morgan fingerprint density at radius 2 is 1.76 bits per heavy atom. The summed E-state index contributed by atoms with van der Waals surface area (Å²) in [4.78, 5) is 21.1. The number of nitrogens with one attached hydrogen (secondary N) is 1. The highest BCUT2D eigenvalue weighted by atomic mass is 32.2. The standard InChI is InChI=1S/C22H19N5OS/c28-21(19-11-9-18(10-12-19)15-29-22-23-16-24-26-22)25-20-8-4-5-13-27(20)14-17-6-2-1-3-7-17/h1-13,16H,14-15H2,(H,23,24,26). The lowest BCUT2D eigenvalue weighted by Gasteiger charge is -2.07. The summed E-state index contributed by atoms with van der Waals surface area (Å²) in [5, 5.41) is 7.42. The van der Waals surface area contributed by atoms with Crippen LogP contribution in [-0.2, 0) is 12.3 Å². The van der Waals surface area contributed by atoms with E-state index in [0.717, 1.165) is 22.0 Å². The van der Waals surface area contributed by atoms with Crippen molar-refractivity contribution in [3.05, 3.63) is 107 Å². The molecule has 1 N–H and O–H groups in total. The molecule has 0 saturated carbocycles. The number of aromatic nitrogens is 4. The summed E-state index contributed by atoms with van der Waals surface area (Å²) in [6, 6.07) is 23.3. The average molecular weight is 401 g/mol. The summed E-state index contributed by atoms with van der Waals surface area (Å²) in [5.41, 5.74) is 3.45. The van der Waals surface area contributed by atoms with Gasteiger partial charge in [0.2, 0.25) is 0 Å². The van der Waals surface area contributed by atoms with Crippen molar-refractivity contribution in [3.63, 3.8) is 0 Å². The maximum absolute atomic E-state index is 12.7. The normalized spacial score (nSPS) is 11.5. The van der Waals surface area contributed by atoms with E-state index in [4.69, 9.17) is 0 Å². The fourth-order valence-electron chi connectivity index (χ4n) is 2.81. The van der Waals surface area contributed by atoms with Crippen LogP contribution in [0.25, 0.3) is 0 Å². The lowest BCUT2D eigenvalue weighted by molar-refractivity contribution is 0.0997. The second-order valence-corrected chi connectivity index (χ2v) is 7.33. The van der Waals surface area contributed by atoms with Gasteiger partial charge in [0.05, 0.1) is 0 Å². The van der Waals surface area contributed by atoms with E-state index in [0.29, 0.717) is 17.6 Å². The Kier molecular flexibility index (Phi) is 5.97. The molecule has 0 unspecified atom stereocenters. The predicted octanol–water partition coefficient (Wildman–Crippen LogP) is 3.69. The van der Waals surface area contributed by atoms with E-state index >= 15 is 0 Å². The molecule has 29 heavy (non-hydrogen) atoms. The first-order valence-electron chi connectivity index (χ1n) is 9.13. The molecule has 0 aliphatic carbocycles. The van der Waals surface area contributed by atoms with Crippen LogP contribution in [0.1, 0.15) is 21.5 Å². The molecule has 7 heteroatoms. The first-order chi connectivity index (χ1) is 14.3. The Morgan fingerprint density at radius 1 is 0.966 bits per heavy atom. The molecule has 0 saturated heterocycles. The molecule has 0 atom stereocenters. The Hall–Kier alpha value is -3.45.